The van der Waals surface area contributed by atoms with Crippen molar-refractivity contribution >= 4 is 15.9 Å². The summed E-state index contributed by atoms with van der Waals surface area (Å²) >= 11 is 3.55. The van der Waals surface area contributed by atoms with Crippen LogP contribution in [0.1, 0.15) is 50.6 Å². The second kappa shape index (κ2) is 4.86. The van der Waals surface area contributed by atoms with E-state index in [-0.39, 0.29) is 5.60 Å². The summed E-state index contributed by atoms with van der Waals surface area (Å²) in [6, 6.07) is 6.87. The Labute approximate surface area is 117 Å². The Kier molecular flexibility index (Phi) is 3.37. The molecule has 0 saturated heterocycles. The highest BCUT2D eigenvalue weighted by molar-refractivity contribution is 9.10. The topological polar surface area (TPSA) is 21.3 Å². The molecule has 1 aromatic rings. The predicted octanol–water partition coefficient (Wildman–Crippen LogP) is 4.20. The van der Waals surface area contributed by atoms with E-state index in [2.05, 4.69) is 46.4 Å². The molecule has 0 radical (unpaired) electrons. The van der Waals surface area contributed by atoms with E-state index < -0.39 is 0 Å². The largest absolute Gasteiger partial charge is 0.487 e. The third kappa shape index (κ3) is 2.19. The number of rotatable bonds is 2. The van der Waals surface area contributed by atoms with Gasteiger partial charge in [-0.3, -0.25) is 0 Å². The Bertz CT molecular complexity index is 440. The van der Waals surface area contributed by atoms with E-state index in [1.165, 1.54) is 31.2 Å². The second-order valence-electron chi connectivity index (χ2n) is 5.49. The molecule has 18 heavy (non-hydrogen) atoms. The minimum Gasteiger partial charge on any atom is -0.487 e. The maximum absolute atomic E-state index is 6.37. The molecule has 1 saturated carbocycles. The molecule has 98 valence electrons. The first-order valence-electron chi connectivity index (χ1n) is 6.94. The van der Waals surface area contributed by atoms with Gasteiger partial charge in [0.2, 0.25) is 0 Å². The highest BCUT2D eigenvalue weighted by atomic mass is 79.9. The molecule has 1 unspecified atom stereocenters. The minimum absolute atomic E-state index is 0.0978. The number of nitrogens with one attached hydrogen (secondary N) is 1. The summed E-state index contributed by atoms with van der Waals surface area (Å²) in [5, 5.41) is 3.62. The van der Waals surface area contributed by atoms with E-state index in [4.69, 9.17) is 4.74 Å². The van der Waals surface area contributed by atoms with E-state index in [1.54, 1.807) is 0 Å². The molecular weight excluding hydrogens is 290 g/mol. The second-order valence-corrected chi connectivity index (χ2v) is 6.40. The van der Waals surface area contributed by atoms with Crippen LogP contribution >= 0.6 is 15.9 Å². The minimum atomic E-state index is 0.0978. The quantitative estimate of drug-likeness (QED) is 0.884. The van der Waals surface area contributed by atoms with Gasteiger partial charge in [-0.1, -0.05) is 28.9 Å². The van der Waals surface area contributed by atoms with Crippen LogP contribution in [-0.4, -0.2) is 12.1 Å². The monoisotopic (exact) mass is 309 g/mol. The van der Waals surface area contributed by atoms with Crippen molar-refractivity contribution in [3.63, 3.8) is 0 Å². The summed E-state index contributed by atoms with van der Waals surface area (Å²) in [6.07, 6.45) is 6.15. The molecule has 1 aromatic carbocycles. The van der Waals surface area contributed by atoms with Crippen molar-refractivity contribution in [3.05, 3.63) is 28.2 Å². The Morgan fingerprint density at radius 3 is 2.89 bits per heavy atom. The van der Waals surface area contributed by atoms with Crippen LogP contribution in [0.3, 0.4) is 0 Å². The zero-order valence-corrected chi connectivity index (χ0v) is 12.4. The molecule has 3 rings (SSSR count). The van der Waals surface area contributed by atoms with Crippen LogP contribution in [0.15, 0.2) is 22.7 Å². The normalized spacial score (nSPS) is 24.9. The smallest absolute Gasteiger partial charge is 0.126 e. The highest BCUT2D eigenvalue weighted by Crippen LogP contribution is 2.47. The number of hydrogen-bond acceptors (Lipinski definition) is 2. The van der Waals surface area contributed by atoms with Gasteiger partial charge in [0.15, 0.2) is 0 Å². The molecule has 1 N–H and O–H groups in total. The third-order valence-electron chi connectivity index (χ3n) is 4.22. The summed E-state index contributed by atoms with van der Waals surface area (Å²) in [4.78, 5) is 0. The van der Waals surface area contributed by atoms with E-state index in [1.807, 2.05) is 0 Å². The van der Waals surface area contributed by atoms with Crippen molar-refractivity contribution < 1.29 is 4.74 Å². The van der Waals surface area contributed by atoms with Crippen LogP contribution in [0, 0.1) is 0 Å². The molecule has 1 aliphatic heterocycles. The zero-order chi connectivity index (χ0) is 12.6. The standard InChI is InChI=1S/C15H20BrNO/c1-2-17-13-10-15(7-3-4-8-15)18-14-9-11(16)5-6-12(13)14/h5-6,9,13,17H,2-4,7-8,10H2,1H3. The van der Waals surface area contributed by atoms with Crippen LogP contribution in [0.2, 0.25) is 0 Å². The molecule has 0 amide bonds. The Morgan fingerprint density at radius 1 is 1.39 bits per heavy atom. The summed E-state index contributed by atoms with van der Waals surface area (Å²) in [5.41, 5.74) is 1.42. The van der Waals surface area contributed by atoms with Crippen LogP contribution in [0.4, 0.5) is 0 Å². The third-order valence-corrected chi connectivity index (χ3v) is 4.71. The van der Waals surface area contributed by atoms with E-state index >= 15 is 0 Å². The lowest BCUT2D eigenvalue weighted by Crippen LogP contribution is -2.42. The molecule has 1 fully saturated rings. The van der Waals surface area contributed by atoms with Crippen molar-refractivity contribution in [2.75, 3.05) is 6.54 Å². The molecule has 1 aliphatic carbocycles. The van der Waals surface area contributed by atoms with Crippen LogP contribution in [0.25, 0.3) is 0 Å². The first-order chi connectivity index (χ1) is 8.72. The number of hydrogen-bond donors (Lipinski definition) is 1. The first kappa shape index (κ1) is 12.5. The molecule has 3 heteroatoms. The van der Waals surface area contributed by atoms with Gasteiger partial charge in [0, 0.05) is 22.5 Å². The maximum atomic E-state index is 6.37. The molecule has 2 aliphatic rings. The summed E-state index contributed by atoms with van der Waals surface area (Å²) < 4.78 is 7.47. The Hall–Kier alpha value is -0.540. The molecule has 0 aromatic heterocycles. The Morgan fingerprint density at radius 2 is 2.17 bits per heavy atom. The van der Waals surface area contributed by atoms with Crippen molar-refractivity contribution in [2.24, 2.45) is 0 Å². The maximum Gasteiger partial charge on any atom is 0.126 e. The Balaban J connectivity index is 1.97. The van der Waals surface area contributed by atoms with Gasteiger partial charge >= 0.3 is 0 Å². The fraction of sp³-hybridized carbons (Fsp3) is 0.600. The van der Waals surface area contributed by atoms with Crippen molar-refractivity contribution in [3.8, 4) is 5.75 Å². The number of fused-ring (bicyclic) bond motifs is 1. The molecule has 1 heterocycles. The average Bonchev–Trinajstić information content (AvgIpc) is 2.77. The molecule has 1 spiro atoms. The van der Waals surface area contributed by atoms with Gasteiger partial charge in [-0.2, -0.15) is 0 Å². The van der Waals surface area contributed by atoms with E-state index in [9.17, 15) is 0 Å². The van der Waals surface area contributed by atoms with Crippen LogP contribution < -0.4 is 10.1 Å². The lowest BCUT2D eigenvalue weighted by molar-refractivity contribution is 0.0370. The SMILES string of the molecule is CCNC1CC2(CCCC2)Oc2cc(Br)ccc21. The van der Waals surface area contributed by atoms with Gasteiger partial charge in [0.05, 0.1) is 0 Å². The van der Waals surface area contributed by atoms with Crippen LogP contribution in [-0.2, 0) is 0 Å². The summed E-state index contributed by atoms with van der Waals surface area (Å²) in [5.74, 6) is 1.07. The van der Waals surface area contributed by atoms with Crippen molar-refractivity contribution in [1.29, 1.82) is 0 Å². The van der Waals surface area contributed by atoms with Gasteiger partial charge in [0.1, 0.15) is 11.4 Å². The van der Waals surface area contributed by atoms with E-state index in [0.717, 1.165) is 23.2 Å². The predicted molar refractivity (Wildman–Crippen MR) is 77.0 cm³/mol. The van der Waals surface area contributed by atoms with Gasteiger partial charge in [0.25, 0.3) is 0 Å². The number of halogens is 1. The molecule has 1 atom stereocenters. The van der Waals surface area contributed by atoms with Gasteiger partial charge < -0.3 is 10.1 Å². The van der Waals surface area contributed by atoms with Gasteiger partial charge in [-0.15, -0.1) is 0 Å². The first-order valence-corrected chi connectivity index (χ1v) is 7.74. The fourth-order valence-electron chi connectivity index (χ4n) is 3.40. The summed E-state index contributed by atoms with van der Waals surface area (Å²) in [7, 11) is 0. The molecular formula is C15H20BrNO. The fourth-order valence-corrected chi connectivity index (χ4v) is 3.74. The number of benzene rings is 1. The number of ether oxygens (including phenoxy) is 1. The van der Waals surface area contributed by atoms with Crippen molar-refractivity contribution in [1.82, 2.24) is 5.32 Å². The zero-order valence-electron chi connectivity index (χ0n) is 10.8. The van der Waals surface area contributed by atoms with Crippen LogP contribution in [0.5, 0.6) is 5.75 Å². The lowest BCUT2D eigenvalue weighted by atomic mass is 9.86. The van der Waals surface area contributed by atoms with E-state index in [0.29, 0.717) is 6.04 Å². The molecule has 2 nitrogen and oxygen atoms in total. The molecule has 0 bridgehead atoms. The van der Waals surface area contributed by atoms with Gasteiger partial charge in [-0.05, 0) is 44.4 Å². The summed E-state index contributed by atoms with van der Waals surface area (Å²) in [6.45, 7) is 3.19. The highest BCUT2D eigenvalue weighted by Gasteiger charge is 2.42. The van der Waals surface area contributed by atoms with Gasteiger partial charge in [-0.25, -0.2) is 0 Å². The van der Waals surface area contributed by atoms with Crippen molar-refractivity contribution in [2.45, 2.75) is 50.7 Å². The lowest BCUT2D eigenvalue weighted by Gasteiger charge is -2.40. The average molecular weight is 310 g/mol.